The fraction of sp³-hybridized carbons (Fsp3) is 1.00. The first kappa shape index (κ1) is 14.9. The van der Waals surface area contributed by atoms with Gasteiger partial charge in [0.2, 0.25) is 0 Å². The average molecular weight is 242 g/mol. The molecular weight excluding hydrogens is 212 g/mol. The molecule has 102 valence electrons. The third-order valence-electron chi connectivity index (χ3n) is 3.33. The summed E-state index contributed by atoms with van der Waals surface area (Å²) in [4.78, 5) is 2.38. The number of nitrogens with zero attached hydrogens (tertiary/aromatic N) is 1. The number of likely N-dealkylation sites (tertiary alicyclic amines) is 1. The fourth-order valence-electron chi connectivity index (χ4n) is 2.13. The van der Waals surface area contributed by atoms with E-state index < -0.39 is 0 Å². The van der Waals surface area contributed by atoms with Crippen molar-refractivity contribution in [2.45, 2.75) is 39.7 Å². The van der Waals surface area contributed by atoms with Gasteiger partial charge in [0.15, 0.2) is 0 Å². The molecule has 0 saturated carbocycles. The van der Waals surface area contributed by atoms with Crippen molar-refractivity contribution in [3.8, 4) is 0 Å². The second kappa shape index (κ2) is 8.06. The van der Waals surface area contributed by atoms with E-state index in [1.54, 1.807) is 0 Å². The minimum atomic E-state index is 0.499. The summed E-state index contributed by atoms with van der Waals surface area (Å²) >= 11 is 0. The summed E-state index contributed by atoms with van der Waals surface area (Å²) in [7, 11) is 2.19. The molecule has 0 amide bonds. The Kier molecular flexibility index (Phi) is 7.09. The maximum atomic E-state index is 5.98. The number of ether oxygens (including phenoxy) is 1. The maximum Gasteiger partial charge on any atom is 0.0599 e. The normalized spacial score (nSPS) is 21.0. The summed E-state index contributed by atoms with van der Waals surface area (Å²) in [5.74, 6) is 1.35. The monoisotopic (exact) mass is 242 g/mol. The van der Waals surface area contributed by atoms with Gasteiger partial charge >= 0.3 is 0 Å². The first-order valence-electron chi connectivity index (χ1n) is 7.08. The largest absolute Gasteiger partial charge is 0.378 e. The summed E-state index contributed by atoms with van der Waals surface area (Å²) in [5, 5.41) is 3.49. The fourth-order valence-corrected chi connectivity index (χ4v) is 2.13. The second-order valence-corrected chi connectivity index (χ2v) is 5.99. The van der Waals surface area contributed by atoms with Crippen molar-refractivity contribution < 1.29 is 4.74 Å². The van der Waals surface area contributed by atoms with Gasteiger partial charge in [-0.1, -0.05) is 20.8 Å². The summed E-state index contributed by atoms with van der Waals surface area (Å²) in [6.07, 6.45) is 2.89. The van der Waals surface area contributed by atoms with Gasteiger partial charge in [-0.15, -0.1) is 0 Å². The molecule has 0 aromatic rings. The lowest BCUT2D eigenvalue weighted by atomic mass is 10.1. The minimum absolute atomic E-state index is 0.499. The van der Waals surface area contributed by atoms with Gasteiger partial charge < -0.3 is 15.0 Å². The molecule has 0 aromatic heterocycles. The Balaban J connectivity index is 2.01. The van der Waals surface area contributed by atoms with Gasteiger partial charge in [-0.3, -0.25) is 0 Å². The third-order valence-corrected chi connectivity index (χ3v) is 3.33. The first-order chi connectivity index (χ1) is 8.08. The van der Waals surface area contributed by atoms with Crippen molar-refractivity contribution in [1.82, 2.24) is 10.2 Å². The highest BCUT2D eigenvalue weighted by atomic mass is 16.5. The number of rotatable bonds is 7. The van der Waals surface area contributed by atoms with E-state index in [1.165, 1.54) is 25.9 Å². The van der Waals surface area contributed by atoms with Crippen LogP contribution in [0.4, 0.5) is 0 Å². The molecule has 1 rings (SSSR count). The van der Waals surface area contributed by atoms with Gasteiger partial charge in [0.1, 0.15) is 0 Å². The molecule has 1 aliphatic rings. The summed E-state index contributed by atoms with van der Waals surface area (Å²) in [6, 6.07) is 0. The van der Waals surface area contributed by atoms with Crippen LogP contribution in [0.15, 0.2) is 0 Å². The van der Waals surface area contributed by atoms with Crippen molar-refractivity contribution in [2.24, 2.45) is 11.8 Å². The van der Waals surface area contributed by atoms with Crippen LogP contribution in [0.2, 0.25) is 0 Å². The Morgan fingerprint density at radius 2 is 1.82 bits per heavy atom. The highest BCUT2D eigenvalue weighted by molar-refractivity contribution is 4.70. The number of hydrogen-bond donors (Lipinski definition) is 1. The third kappa shape index (κ3) is 7.02. The Bertz CT molecular complexity index is 189. The molecule has 3 heteroatoms. The van der Waals surface area contributed by atoms with Crippen LogP contribution in [-0.4, -0.2) is 50.8 Å². The van der Waals surface area contributed by atoms with Gasteiger partial charge in [-0.2, -0.15) is 0 Å². The molecule has 3 nitrogen and oxygen atoms in total. The van der Waals surface area contributed by atoms with E-state index >= 15 is 0 Å². The van der Waals surface area contributed by atoms with Crippen LogP contribution < -0.4 is 5.32 Å². The van der Waals surface area contributed by atoms with E-state index in [9.17, 15) is 0 Å². The molecule has 1 heterocycles. The number of piperidine rings is 1. The molecule has 1 atom stereocenters. The predicted molar refractivity (Wildman–Crippen MR) is 73.3 cm³/mol. The first-order valence-corrected chi connectivity index (χ1v) is 7.08. The van der Waals surface area contributed by atoms with Gasteiger partial charge in [-0.05, 0) is 44.8 Å². The van der Waals surface area contributed by atoms with Gasteiger partial charge in [-0.25, -0.2) is 0 Å². The molecule has 1 fully saturated rings. The van der Waals surface area contributed by atoms with Crippen LogP contribution in [0.1, 0.15) is 33.6 Å². The summed E-state index contributed by atoms with van der Waals surface area (Å²) in [6.45, 7) is 12.2. The SMILES string of the molecule is CC(C)CNCC(C)COC1CCN(C)CC1. The van der Waals surface area contributed by atoms with Crippen LogP contribution in [0.3, 0.4) is 0 Å². The zero-order chi connectivity index (χ0) is 12.7. The van der Waals surface area contributed by atoms with Crippen molar-refractivity contribution >= 4 is 0 Å². The highest BCUT2D eigenvalue weighted by Crippen LogP contribution is 2.13. The highest BCUT2D eigenvalue weighted by Gasteiger charge is 2.17. The molecule has 17 heavy (non-hydrogen) atoms. The Morgan fingerprint density at radius 3 is 2.41 bits per heavy atom. The summed E-state index contributed by atoms with van der Waals surface area (Å²) < 4.78 is 5.98. The molecule has 0 radical (unpaired) electrons. The topological polar surface area (TPSA) is 24.5 Å². The zero-order valence-electron chi connectivity index (χ0n) is 12.0. The Hall–Kier alpha value is -0.120. The summed E-state index contributed by atoms with van der Waals surface area (Å²) in [5.41, 5.74) is 0. The van der Waals surface area contributed by atoms with Crippen molar-refractivity contribution in [2.75, 3.05) is 39.8 Å². The van der Waals surface area contributed by atoms with Crippen molar-refractivity contribution in [1.29, 1.82) is 0 Å². The van der Waals surface area contributed by atoms with E-state index in [1.807, 2.05) is 0 Å². The van der Waals surface area contributed by atoms with E-state index in [0.717, 1.165) is 25.6 Å². The minimum Gasteiger partial charge on any atom is -0.378 e. The lowest BCUT2D eigenvalue weighted by molar-refractivity contribution is -0.00247. The smallest absolute Gasteiger partial charge is 0.0599 e. The second-order valence-electron chi connectivity index (χ2n) is 5.99. The van der Waals surface area contributed by atoms with Crippen molar-refractivity contribution in [3.05, 3.63) is 0 Å². The van der Waals surface area contributed by atoms with Crippen LogP contribution in [-0.2, 0) is 4.74 Å². The van der Waals surface area contributed by atoms with E-state index in [0.29, 0.717) is 12.0 Å². The number of hydrogen-bond acceptors (Lipinski definition) is 3. The van der Waals surface area contributed by atoms with E-state index in [-0.39, 0.29) is 0 Å². The molecule has 1 unspecified atom stereocenters. The van der Waals surface area contributed by atoms with E-state index in [2.05, 4.69) is 38.0 Å². The van der Waals surface area contributed by atoms with Crippen LogP contribution >= 0.6 is 0 Å². The zero-order valence-corrected chi connectivity index (χ0v) is 12.0. The Morgan fingerprint density at radius 1 is 1.18 bits per heavy atom. The predicted octanol–water partition coefficient (Wildman–Crippen LogP) is 1.98. The Labute approximate surface area is 107 Å². The lowest BCUT2D eigenvalue weighted by Gasteiger charge is -2.29. The molecule has 0 spiro atoms. The standard InChI is InChI=1S/C14H30N2O/c1-12(2)9-15-10-13(3)11-17-14-5-7-16(4)8-6-14/h12-15H,5-11H2,1-4H3. The molecule has 0 bridgehead atoms. The molecule has 1 N–H and O–H groups in total. The lowest BCUT2D eigenvalue weighted by Crippen LogP contribution is -2.35. The molecular formula is C14H30N2O. The van der Waals surface area contributed by atoms with Gasteiger partial charge in [0.05, 0.1) is 12.7 Å². The molecule has 1 aliphatic heterocycles. The van der Waals surface area contributed by atoms with E-state index in [4.69, 9.17) is 4.74 Å². The number of nitrogens with one attached hydrogen (secondary N) is 1. The van der Waals surface area contributed by atoms with Crippen LogP contribution in [0, 0.1) is 11.8 Å². The molecule has 0 aromatic carbocycles. The maximum absolute atomic E-state index is 5.98. The molecule has 1 saturated heterocycles. The quantitative estimate of drug-likeness (QED) is 0.739. The van der Waals surface area contributed by atoms with Crippen LogP contribution in [0.25, 0.3) is 0 Å². The average Bonchev–Trinajstić information content (AvgIpc) is 2.28. The van der Waals surface area contributed by atoms with Gasteiger partial charge in [0, 0.05) is 13.1 Å². The van der Waals surface area contributed by atoms with Crippen LogP contribution in [0.5, 0.6) is 0 Å². The van der Waals surface area contributed by atoms with Gasteiger partial charge in [0.25, 0.3) is 0 Å². The van der Waals surface area contributed by atoms with Crippen molar-refractivity contribution in [3.63, 3.8) is 0 Å². The molecule has 0 aliphatic carbocycles.